The van der Waals surface area contributed by atoms with Crippen LogP contribution in [0.3, 0.4) is 0 Å². The Morgan fingerprint density at radius 3 is 2.89 bits per heavy atom. The molecule has 0 saturated carbocycles. The van der Waals surface area contributed by atoms with Crippen molar-refractivity contribution in [2.24, 2.45) is 5.41 Å². The van der Waals surface area contributed by atoms with Gasteiger partial charge in [0.15, 0.2) is 0 Å². The van der Waals surface area contributed by atoms with E-state index >= 15 is 0 Å². The van der Waals surface area contributed by atoms with Crippen LogP contribution in [0.2, 0.25) is 5.02 Å². The molecule has 1 aliphatic rings. The van der Waals surface area contributed by atoms with Gasteiger partial charge in [-0.15, -0.1) is 0 Å². The van der Waals surface area contributed by atoms with Crippen molar-refractivity contribution in [1.29, 1.82) is 0 Å². The highest BCUT2D eigenvalue weighted by Gasteiger charge is 2.43. The summed E-state index contributed by atoms with van der Waals surface area (Å²) < 4.78 is 32.5. The molecule has 1 aromatic heterocycles. The first-order valence-electron chi connectivity index (χ1n) is 11.5. The number of carbonyl (C=O) groups is 1. The average molecular weight is 501 g/mol. The Labute approximate surface area is 208 Å². The predicted molar refractivity (Wildman–Crippen MR) is 133 cm³/mol. The number of aromatic nitrogens is 1. The number of fused-ring (bicyclic) bond motifs is 1. The van der Waals surface area contributed by atoms with Crippen LogP contribution in [0.1, 0.15) is 30.4 Å². The van der Waals surface area contributed by atoms with Gasteiger partial charge < -0.3 is 9.84 Å². The summed E-state index contributed by atoms with van der Waals surface area (Å²) in [5, 5.41) is 11.5. The number of likely N-dealkylation sites (tertiary alicyclic amines) is 1. The van der Waals surface area contributed by atoms with Crippen LogP contribution >= 0.6 is 11.6 Å². The van der Waals surface area contributed by atoms with Gasteiger partial charge >= 0.3 is 5.97 Å². The van der Waals surface area contributed by atoms with E-state index in [0.717, 1.165) is 34.7 Å². The summed E-state index contributed by atoms with van der Waals surface area (Å²) in [5.74, 6) is -1.10. The van der Waals surface area contributed by atoms with Gasteiger partial charge in [0.05, 0.1) is 23.1 Å². The van der Waals surface area contributed by atoms with Crippen LogP contribution in [0.4, 0.5) is 8.78 Å². The Morgan fingerprint density at radius 2 is 2.11 bits per heavy atom. The Hall–Kier alpha value is -3.03. The number of pyridine rings is 1. The van der Waals surface area contributed by atoms with E-state index in [0.29, 0.717) is 56.1 Å². The fraction of sp³-hybridized carbons (Fsp3) is 0.333. The van der Waals surface area contributed by atoms with Crippen molar-refractivity contribution >= 4 is 34.5 Å². The lowest BCUT2D eigenvalue weighted by Crippen LogP contribution is -2.35. The van der Waals surface area contributed by atoms with E-state index in [2.05, 4.69) is 4.98 Å². The van der Waals surface area contributed by atoms with E-state index in [-0.39, 0.29) is 5.56 Å². The van der Waals surface area contributed by atoms with Crippen molar-refractivity contribution in [3.8, 4) is 5.75 Å². The van der Waals surface area contributed by atoms with E-state index in [4.69, 9.17) is 16.3 Å². The summed E-state index contributed by atoms with van der Waals surface area (Å²) >= 11 is 6.46. The van der Waals surface area contributed by atoms with Gasteiger partial charge in [-0.1, -0.05) is 23.8 Å². The Kier molecular flexibility index (Phi) is 7.67. The van der Waals surface area contributed by atoms with Gasteiger partial charge in [0.25, 0.3) is 0 Å². The fourth-order valence-corrected chi connectivity index (χ4v) is 5.00. The van der Waals surface area contributed by atoms with Gasteiger partial charge in [-0.25, -0.2) is 8.78 Å². The van der Waals surface area contributed by atoms with Crippen molar-refractivity contribution in [1.82, 2.24) is 9.88 Å². The van der Waals surface area contributed by atoms with Gasteiger partial charge in [0.2, 0.25) is 0 Å². The molecule has 1 fully saturated rings. The molecular formula is C27H27ClF2N2O3. The quantitative estimate of drug-likeness (QED) is 0.391. The summed E-state index contributed by atoms with van der Waals surface area (Å²) in [7, 11) is 1.60. The number of hydrogen-bond donors (Lipinski definition) is 1. The van der Waals surface area contributed by atoms with Gasteiger partial charge in [-0.05, 0) is 74.2 Å². The summed E-state index contributed by atoms with van der Waals surface area (Å²) in [6.07, 6.45) is 7.22. The Balaban J connectivity index is 1.41. The SMILES string of the molecule is COc1ccc2ncc(Cl)c(CCCC3(C(=O)O)CCN(CC=Cc4cc(F)ccc4F)C3)c2c1. The zero-order chi connectivity index (χ0) is 25.0. The molecule has 3 aromatic rings. The summed E-state index contributed by atoms with van der Waals surface area (Å²) in [6.45, 7) is 1.49. The molecule has 1 atom stereocenters. The van der Waals surface area contributed by atoms with Gasteiger partial charge in [0.1, 0.15) is 17.4 Å². The molecule has 8 heteroatoms. The molecule has 0 aliphatic carbocycles. The van der Waals surface area contributed by atoms with E-state index in [1.165, 1.54) is 6.08 Å². The third-order valence-corrected chi connectivity index (χ3v) is 7.05. The molecule has 184 valence electrons. The second kappa shape index (κ2) is 10.7. The van der Waals surface area contributed by atoms with Crippen molar-refractivity contribution in [3.05, 3.63) is 76.5 Å². The molecule has 35 heavy (non-hydrogen) atoms. The topological polar surface area (TPSA) is 62.7 Å². The van der Waals surface area contributed by atoms with Crippen LogP contribution in [0, 0.1) is 17.0 Å². The molecule has 1 N–H and O–H groups in total. The number of benzene rings is 2. The van der Waals surface area contributed by atoms with Crippen LogP contribution in [0.5, 0.6) is 5.75 Å². The van der Waals surface area contributed by atoms with Crippen LogP contribution in [0.15, 0.2) is 48.7 Å². The second-order valence-corrected chi connectivity index (χ2v) is 9.37. The maximum absolute atomic E-state index is 13.8. The second-order valence-electron chi connectivity index (χ2n) is 8.96. The van der Waals surface area contributed by atoms with Crippen LogP contribution in [0.25, 0.3) is 17.0 Å². The minimum absolute atomic E-state index is 0.173. The minimum atomic E-state index is -0.856. The van der Waals surface area contributed by atoms with Crippen molar-refractivity contribution in [2.45, 2.75) is 25.7 Å². The number of carboxylic acid groups (broad SMARTS) is 1. The first-order chi connectivity index (χ1) is 16.8. The fourth-order valence-electron chi connectivity index (χ4n) is 4.76. The van der Waals surface area contributed by atoms with Crippen LogP contribution in [-0.2, 0) is 11.2 Å². The number of methoxy groups -OCH3 is 1. The highest BCUT2D eigenvalue weighted by atomic mass is 35.5. The average Bonchev–Trinajstić information content (AvgIpc) is 3.27. The van der Waals surface area contributed by atoms with E-state index < -0.39 is 23.0 Å². The Morgan fingerprint density at radius 1 is 1.29 bits per heavy atom. The first kappa shape index (κ1) is 25.1. The normalized spacial score (nSPS) is 18.5. The molecule has 2 aromatic carbocycles. The summed E-state index contributed by atoms with van der Waals surface area (Å²) in [5.41, 5.74) is 1.06. The van der Waals surface area contributed by atoms with Crippen LogP contribution in [-0.4, -0.2) is 47.7 Å². The van der Waals surface area contributed by atoms with Gasteiger partial charge in [0, 0.05) is 30.2 Å². The molecular weight excluding hydrogens is 474 g/mol. The zero-order valence-corrected chi connectivity index (χ0v) is 20.2. The molecule has 0 amide bonds. The molecule has 1 aliphatic heterocycles. The number of ether oxygens (including phenoxy) is 1. The lowest BCUT2D eigenvalue weighted by atomic mass is 9.81. The molecule has 0 bridgehead atoms. The number of carboxylic acids is 1. The highest BCUT2D eigenvalue weighted by molar-refractivity contribution is 6.32. The number of aryl methyl sites for hydroxylation is 1. The molecule has 2 heterocycles. The monoisotopic (exact) mass is 500 g/mol. The van der Waals surface area contributed by atoms with Crippen molar-refractivity contribution < 1.29 is 23.4 Å². The van der Waals surface area contributed by atoms with Crippen molar-refractivity contribution in [3.63, 3.8) is 0 Å². The number of halogens is 3. The zero-order valence-electron chi connectivity index (χ0n) is 19.4. The van der Waals surface area contributed by atoms with Gasteiger partial charge in [-0.2, -0.15) is 0 Å². The number of rotatable bonds is 9. The third kappa shape index (κ3) is 5.63. The number of hydrogen-bond acceptors (Lipinski definition) is 4. The molecule has 0 radical (unpaired) electrons. The summed E-state index contributed by atoms with van der Waals surface area (Å²) in [4.78, 5) is 18.7. The van der Waals surface area contributed by atoms with E-state index in [9.17, 15) is 18.7 Å². The third-order valence-electron chi connectivity index (χ3n) is 6.72. The molecule has 1 unspecified atom stereocenters. The lowest BCUT2D eigenvalue weighted by molar-refractivity contribution is -0.148. The largest absolute Gasteiger partial charge is 0.497 e. The molecule has 4 rings (SSSR count). The number of aliphatic carboxylic acids is 1. The minimum Gasteiger partial charge on any atom is -0.497 e. The van der Waals surface area contributed by atoms with E-state index in [1.807, 2.05) is 23.1 Å². The molecule has 1 saturated heterocycles. The van der Waals surface area contributed by atoms with E-state index in [1.54, 1.807) is 19.4 Å². The standard InChI is InChI=1S/C27H27ClF2N2O3/c1-35-20-7-9-25-22(15-20)21(23(28)16-31-25)5-2-10-27(26(33)34)11-13-32(17-27)12-3-4-18-14-19(29)6-8-24(18)30/h3-4,6-9,14-16H,2,5,10-13,17H2,1H3,(H,33,34). The highest BCUT2D eigenvalue weighted by Crippen LogP contribution is 2.37. The maximum atomic E-state index is 13.8. The maximum Gasteiger partial charge on any atom is 0.310 e. The van der Waals surface area contributed by atoms with Crippen LogP contribution < -0.4 is 4.74 Å². The first-order valence-corrected chi connectivity index (χ1v) is 11.9. The Bertz CT molecular complexity index is 1270. The van der Waals surface area contributed by atoms with Gasteiger partial charge in [-0.3, -0.25) is 14.7 Å². The molecule has 0 spiro atoms. The van der Waals surface area contributed by atoms with Crippen molar-refractivity contribution in [2.75, 3.05) is 26.7 Å². The predicted octanol–water partition coefficient (Wildman–Crippen LogP) is 5.99. The molecule has 5 nitrogen and oxygen atoms in total. The number of nitrogens with zero attached hydrogens (tertiary/aromatic N) is 2. The lowest BCUT2D eigenvalue weighted by Gasteiger charge is -2.25. The summed E-state index contributed by atoms with van der Waals surface area (Å²) in [6, 6.07) is 8.94. The smallest absolute Gasteiger partial charge is 0.310 e.